The Bertz CT molecular complexity index is 802. The maximum absolute atomic E-state index is 10.8. The first-order valence-corrected chi connectivity index (χ1v) is 11.2. The standard InChI is InChI=1S/C12H17NO4.C12H19NO3/c1-3-15-7-8-17-11-5-6-13-10(9-14)12(11)16-4-2;1-4-14-8-9-16-11-6-7-13-10(3)12(11)15-5-2/h5-6,9H,3-4,7-8H2,1-2H3;6-7H,4-5,8-9H2,1-3H3. The molecule has 0 aliphatic heterocycles. The van der Waals surface area contributed by atoms with Crippen molar-refractivity contribution in [2.75, 3.05) is 52.9 Å². The molecule has 0 saturated carbocycles. The zero-order valence-electron chi connectivity index (χ0n) is 20.3. The van der Waals surface area contributed by atoms with Gasteiger partial charge in [-0.25, -0.2) is 4.98 Å². The van der Waals surface area contributed by atoms with Crippen molar-refractivity contribution in [1.82, 2.24) is 9.97 Å². The number of ether oxygens (including phenoxy) is 6. The van der Waals surface area contributed by atoms with E-state index < -0.39 is 0 Å². The normalized spacial score (nSPS) is 10.1. The Morgan fingerprint density at radius 3 is 1.73 bits per heavy atom. The highest BCUT2D eigenvalue weighted by atomic mass is 16.5. The number of nitrogens with zero attached hydrogens (tertiary/aromatic N) is 2. The van der Waals surface area contributed by atoms with Crippen LogP contribution in [0.3, 0.4) is 0 Å². The number of carbonyl (C=O) groups excluding carboxylic acids is 1. The van der Waals surface area contributed by atoms with Gasteiger partial charge in [0.05, 0.1) is 32.1 Å². The Hall–Kier alpha value is -2.91. The van der Waals surface area contributed by atoms with Crippen LogP contribution in [0.2, 0.25) is 0 Å². The molecule has 9 heteroatoms. The van der Waals surface area contributed by atoms with Crippen molar-refractivity contribution in [1.29, 1.82) is 0 Å². The first kappa shape index (κ1) is 28.1. The summed E-state index contributed by atoms with van der Waals surface area (Å²) in [6, 6.07) is 3.48. The molecule has 33 heavy (non-hydrogen) atoms. The van der Waals surface area contributed by atoms with Gasteiger partial charge in [-0.3, -0.25) is 9.78 Å². The van der Waals surface area contributed by atoms with Crippen LogP contribution in [0.15, 0.2) is 24.5 Å². The lowest BCUT2D eigenvalue weighted by molar-refractivity contribution is 0.107. The van der Waals surface area contributed by atoms with Crippen LogP contribution in [-0.2, 0) is 9.47 Å². The zero-order chi connectivity index (χ0) is 24.3. The van der Waals surface area contributed by atoms with E-state index in [1.54, 1.807) is 12.3 Å². The average molecular weight is 465 g/mol. The molecule has 0 N–H and O–H groups in total. The second-order valence-corrected chi connectivity index (χ2v) is 6.32. The molecule has 0 bridgehead atoms. The van der Waals surface area contributed by atoms with Gasteiger partial charge < -0.3 is 28.4 Å². The first-order valence-electron chi connectivity index (χ1n) is 11.2. The van der Waals surface area contributed by atoms with Gasteiger partial charge in [-0.2, -0.15) is 0 Å². The molecule has 0 aliphatic carbocycles. The summed E-state index contributed by atoms with van der Waals surface area (Å²) in [7, 11) is 0. The van der Waals surface area contributed by atoms with Gasteiger partial charge in [0.1, 0.15) is 18.9 Å². The minimum atomic E-state index is 0.251. The fourth-order valence-corrected chi connectivity index (χ4v) is 2.61. The molecule has 9 nitrogen and oxygen atoms in total. The molecular formula is C24H36N2O7. The number of pyridine rings is 2. The van der Waals surface area contributed by atoms with E-state index in [9.17, 15) is 4.79 Å². The van der Waals surface area contributed by atoms with Crippen molar-refractivity contribution in [2.45, 2.75) is 34.6 Å². The SMILES string of the molecule is CCOCCOc1ccnc(C)c1OCC.CCOCCOc1ccnc(C=O)c1OCC. The summed E-state index contributed by atoms with van der Waals surface area (Å²) in [6.07, 6.45) is 3.89. The molecule has 0 aromatic carbocycles. The highest BCUT2D eigenvalue weighted by Gasteiger charge is 2.11. The molecule has 2 aromatic rings. The molecule has 0 radical (unpaired) electrons. The third-order valence-electron chi connectivity index (χ3n) is 4.01. The summed E-state index contributed by atoms with van der Waals surface area (Å²) in [5.41, 5.74) is 1.09. The number of aryl methyl sites for hydroxylation is 1. The highest BCUT2D eigenvalue weighted by Crippen LogP contribution is 2.29. The zero-order valence-corrected chi connectivity index (χ0v) is 20.3. The van der Waals surface area contributed by atoms with Crippen LogP contribution < -0.4 is 18.9 Å². The number of aldehydes is 1. The molecule has 2 heterocycles. The second-order valence-electron chi connectivity index (χ2n) is 6.32. The van der Waals surface area contributed by atoms with Gasteiger partial charge in [0.25, 0.3) is 0 Å². The van der Waals surface area contributed by atoms with Gasteiger partial charge >= 0.3 is 0 Å². The Morgan fingerprint density at radius 1 is 0.697 bits per heavy atom. The van der Waals surface area contributed by atoms with Crippen LogP contribution in [0, 0.1) is 6.92 Å². The maximum Gasteiger partial charge on any atom is 0.190 e. The van der Waals surface area contributed by atoms with E-state index in [2.05, 4.69) is 9.97 Å². The van der Waals surface area contributed by atoms with Crippen LogP contribution in [0.25, 0.3) is 0 Å². The molecular weight excluding hydrogens is 428 g/mol. The summed E-state index contributed by atoms with van der Waals surface area (Å²) in [5.74, 6) is 2.36. The van der Waals surface area contributed by atoms with Crippen LogP contribution in [-0.4, -0.2) is 69.1 Å². The third kappa shape index (κ3) is 10.5. The van der Waals surface area contributed by atoms with Gasteiger partial charge in [-0.15, -0.1) is 0 Å². The molecule has 0 unspecified atom stereocenters. The van der Waals surface area contributed by atoms with Crippen LogP contribution in [0.5, 0.6) is 23.0 Å². The van der Waals surface area contributed by atoms with Gasteiger partial charge in [0.15, 0.2) is 29.3 Å². The van der Waals surface area contributed by atoms with Gasteiger partial charge in [-0.05, 0) is 34.6 Å². The minimum absolute atomic E-state index is 0.251. The van der Waals surface area contributed by atoms with Crippen LogP contribution >= 0.6 is 0 Å². The van der Waals surface area contributed by atoms with Gasteiger partial charge in [0.2, 0.25) is 0 Å². The predicted molar refractivity (Wildman–Crippen MR) is 125 cm³/mol. The largest absolute Gasteiger partial charge is 0.488 e. The van der Waals surface area contributed by atoms with E-state index in [0.717, 1.165) is 17.2 Å². The maximum atomic E-state index is 10.8. The van der Waals surface area contributed by atoms with Crippen molar-refractivity contribution in [2.24, 2.45) is 0 Å². The lowest BCUT2D eigenvalue weighted by atomic mass is 10.3. The number of rotatable bonds is 15. The molecule has 0 atom stereocenters. The van der Waals surface area contributed by atoms with E-state index in [-0.39, 0.29) is 5.69 Å². The number of carbonyl (C=O) groups is 1. The minimum Gasteiger partial charge on any atom is -0.488 e. The monoisotopic (exact) mass is 464 g/mol. The van der Waals surface area contributed by atoms with Crippen molar-refractivity contribution >= 4 is 6.29 Å². The summed E-state index contributed by atoms with van der Waals surface area (Å²) in [5, 5.41) is 0. The quantitative estimate of drug-likeness (QED) is 0.287. The Morgan fingerprint density at radius 2 is 1.21 bits per heavy atom. The van der Waals surface area contributed by atoms with E-state index in [1.165, 1.54) is 6.20 Å². The summed E-state index contributed by atoms with van der Waals surface area (Å²) in [6.45, 7) is 14.0. The Balaban J connectivity index is 0.000000331. The Kier molecular flexibility index (Phi) is 15.0. The van der Waals surface area contributed by atoms with E-state index in [1.807, 2.05) is 40.7 Å². The van der Waals surface area contributed by atoms with Crippen molar-refractivity contribution in [3.8, 4) is 23.0 Å². The van der Waals surface area contributed by atoms with Gasteiger partial charge in [-0.1, -0.05) is 0 Å². The molecule has 0 fully saturated rings. The third-order valence-corrected chi connectivity index (χ3v) is 4.01. The molecule has 0 spiro atoms. The lowest BCUT2D eigenvalue weighted by Gasteiger charge is -2.13. The smallest absolute Gasteiger partial charge is 0.190 e. The second kappa shape index (κ2) is 17.6. The molecule has 184 valence electrons. The summed E-state index contributed by atoms with van der Waals surface area (Å²) in [4.78, 5) is 18.9. The predicted octanol–water partition coefficient (Wildman–Crippen LogP) is 3.91. The number of hydrogen-bond acceptors (Lipinski definition) is 9. The molecule has 2 aromatic heterocycles. The average Bonchev–Trinajstić information content (AvgIpc) is 2.83. The molecule has 2 rings (SSSR count). The van der Waals surface area contributed by atoms with E-state index in [4.69, 9.17) is 28.4 Å². The van der Waals surface area contributed by atoms with Crippen molar-refractivity contribution < 1.29 is 33.2 Å². The lowest BCUT2D eigenvalue weighted by Crippen LogP contribution is -2.08. The Labute approximate surface area is 196 Å². The summed E-state index contributed by atoms with van der Waals surface area (Å²) < 4.78 is 32.3. The van der Waals surface area contributed by atoms with E-state index >= 15 is 0 Å². The number of hydrogen-bond donors (Lipinski definition) is 0. The molecule has 0 amide bonds. The topological polar surface area (TPSA) is 98.2 Å². The van der Waals surface area contributed by atoms with Crippen LogP contribution in [0.4, 0.5) is 0 Å². The molecule has 0 aliphatic rings. The fourth-order valence-electron chi connectivity index (χ4n) is 2.61. The van der Waals surface area contributed by atoms with Crippen LogP contribution in [0.1, 0.15) is 43.9 Å². The van der Waals surface area contributed by atoms with Crippen molar-refractivity contribution in [3.63, 3.8) is 0 Å². The number of aromatic nitrogens is 2. The highest BCUT2D eigenvalue weighted by molar-refractivity contribution is 5.78. The fraction of sp³-hybridized carbons (Fsp3) is 0.542. The summed E-state index contributed by atoms with van der Waals surface area (Å²) >= 11 is 0. The van der Waals surface area contributed by atoms with E-state index in [0.29, 0.717) is 70.6 Å². The van der Waals surface area contributed by atoms with Crippen molar-refractivity contribution in [3.05, 3.63) is 35.9 Å². The first-order chi connectivity index (χ1) is 16.1. The van der Waals surface area contributed by atoms with Gasteiger partial charge in [0, 0.05) is 37.7 Å². The molecule has 0 saturated heterocycles.